The van der Waals surface area contributed by atoms with Gasteiger partial charge in [-0.1, -0.05) is 32.3 Å². The van der Waals surface area contributed by atoms with Crippen molar-refractivity contribution in [2.45, 2.75) is 47.5 Å². The van der Waals surface area contributed by atoms with E-state index in [1.165, 1.54) is 6.42 Å². The zero-order valence-electron chi connectivity index (χ0n) is 16.9. The molecule has 1 fully saturated rings. The van der Waals surface area contributed by atoms with Crippen LogP contribution in [0.25, 0.3) is 0 Å². The SMILES string of the molecule is CCC(C)C.Cc1cc(C)on1.O=CNCC(=O)NNC[C@@H]1CCNC1=O. The molecule has 0 aromatic carbocycles. The Morgan fingerprint density at radius 1 is 1.44 bits per heavy atom. The summed E-state index contributed by atoms with van der Waals surface area (Å²) in [7, 11) is 0. The molecule has 0 radical (unpaired) electrons. The summed E-state index contributed by atoms with van der Waals surface area (Å²) < 4.78 is 4.71. The molecule has 154 valence electrons. The molecule has 9 nitrogen and oxygen atoms in total. The first-order valence-corrected chi connectivity index (χ1v) is 9.16. The van der Waals surface area contributed by atoms with E-state index in [4.69, 9.17) is 4.52 Å². The molecule has 0 aliphatic carbocycles. The molecule has 2 heterocycles. The highest BCUT2D eigenvalue weighted by Crippen LogP contribution is 2.06. The maximum absolute atomic E-state index is 11.1. The van der Waals surface area contributed by atoms with Crippen LogP contribution in [0.15, 0.2) is 10.6 Å². The van der Waals surface area contributed by atoms with Gasteiger partial charge in [0.05, 0.1) is 18.2 Å². The lowest BCUT2D eigenvalue weighted by atomic mass is 10.1. The Morgan fingerprint density at radius 3 is 2.48 bits per heavy atom. The largest absolute Gasteiger partial charge is 0.361 e. The van der Waals surface area contributed by atoms with Crippen LogP contribution in [0, 0.1) is 25.7 Å². The molecule has 2 rings (SSSR count). The third-order valence-electron chi connectivity index (χ3n) is 3.65. The lowest BCUT2D eigenvalue weighted by molar-refractivity contribution is -0.124. The molecule has 9 heteroatoms. The fraction of sp³-hybridized carbons (Fsp3) is 0.667. The van der Waals surface area contributed by atoms with Crippen LogP contribution in [0.3, 0.4) is 0 Å². The summed E-state index contributed by atoms with van der Waals surface area (Å²) in [4.78, 5) is 31.9. The maximum Gasteiger partial charge on any atom is 0.253 e. The lowest BCUT2D eigenvalue weighted by Crippen LogP contribution is -2.45. The van der Waals surface area contributed by atoms with Crippen LogP contribution in [0.2, 0.25) is 0 Å². The fourth-order valence-electron chi connectivity index (χ4n) is 1.78. The average Bonchev–Trinajstić information content (AvgIpc) is 3.21. The van der Waals surface area contributed by atoms with Crippen molar-refractivity contribution in [3.8, 4) is 0 Å². The molecule has 1 atom stereocenters. The summed E-state index contributed by atoms with van der Waals surface area (Å²) in [5.74, 6) is 1.32. The highest BCUT2D eigenvalue weighted by molar-refractivity contribution is 5.81. The molecule has 3 amide bonds. The van der Waals surface area contributed by atoms with Crippen molar-refractivity contribution >= 4 is 18.2 Å². The molecule has 1 aromatic rings. The van der Waals surface area contributed by atoms with Gasteiger partial charge in [-0.2, -0.15) is 0 Å². The normalized spacial score (nSPS) is 15.0. The monoisotopic (exact) mass is 383 g/mol. The van der Waals surface area contributed by atoms with Gasteiger partial charge in [0, 0.05) is 19.2 Å². The van der Waals surface area contributed by atoms with E-state index in [1.54, 1.807) is 0 Å². The molecule has 0 saturated carbocycles. The van der Waals surface area contributed by atoms with Crippen LogP contribution in [0.1, 0.15) is 45.1 Å². The van der Waals surface area contributed by atoms with Crippen LogP contribution in [0.5, 0.6) is 0 Å². The molecule has 27 heavy (non-hydrogen) atoms. The molecular weight excluding hydrogens is 350 g/mol. The number of nitrogens with one attached hydrogen (secondary N) is 4. The summed E-state index contributed by atoms with van der Waals surface area (Å²) in [5.41, 5.74) is 5.97. The van der Waals surface area contributed by atoms with Gasteiger partial charge in [0.2, 0.25) is 12.3 Å². The highest BCUT2D eigenvalue weighted by Gasteiger charge is 2.23. The predicted octanol–water partition coefficient (Wildman–Crippen LogP) is 0.833. The fourth-order valence-corrected chi connectivity index (χ4v) is 1.78. The van der Waals surface area contributed by atoms with Crippen LogP contribution >= 0.6 is 0 Å². The van der Waals surface area contributed by atoms with Gasteiger partial charge in [0.25, 0.3) is 5.91 Å². The van der Waals surface area contributed by atoms with Gasteiger partial charge in [-0.25, -0.2) is 5.43 Å². The number of carbonyl (C=O) groups is 3. The van der Waals surface area contributed by atoms with Gasteiger partial charge in [0.15, 0.2) is 0 Å². The molecular formula is C18H33N5O4. The number of nitrogens with zero attached hydrogens (tertiary/aromatic N) is 1. The van der Waals surface area contributed by atoms with Gasteiger partial charge in [0.1, 0.15) is 5.76 Å². The van der Waals surface area contributed by atoms with E-state index in [0.717, 1.165) is 23.8 Å². The molecule has 1 aromatic heterocycles. The Morgan fingerprint density at radius 2 is 2.11 bits per heavy atom. The summed E-state index contributed by atoms with van der Waals surface area (Å²) >= 11 is 0. The summed E-state index contributed by atoms with van der Waals surface area (Å²) in [6.07, 6.45) is 2.53. The van der Waals surface area contributed by atoms with Gasteiger partial charge < -0.3 is 15.2 Å². The van der Waals surface area contributed by atoms with E-state index in [9.17, 15) is 14.4 Å². The first-order valence-electron chi connectivity index (χ1n) is 9.16. The molecule has 0 unspecified atom stereocenters. The summed E-state index contributed by atoms with van der Waals surface area (Å²) in [6, 6.07) is 1.89. The van der Waals surface area contributed by atoms with Gasteiger partial charge >= 0.3 is 0 Å². The summed E-state index contributed by atoms with van der Waals surface area (Å²) in [6.45, 7) is 11.4. The molecule has 1 saturated heterocycles. The van der Waals surface area contributed by atoms with Gasteiger partial charge in [-0.05, 0) is 26.2 Å². The average molecular weight is 383 g/mol. The third-order valence-corrected chi connectivity index (χ3v) is 3.65. The van der Waals surface area contributed by atoms with E-state index in [0.29, 0.717) is 19.5 Å². The number of aryl methyl sites for hydroxylation is 2. The number of hydrogen-bond donors (Lipinski definition) is 4. The van der Waals surface area contributed by atoms with Crippen molar-refractivity contribution in [3.05, 3.63) is 17.5 Å². The minimum Gasteiger partial charge on any atom is -0.361 e. The molecule has 0 spiro atoms. The van der Waals surface area contributed by atoms with E-state index in [-0.39, 0.29) is 24.3 Å². The Balaban J connectivity index is 0.000000463. The van der Waals surface area contributed by atoms with Crippen LogP contribution in [-0.2, 0) is 14.4 Å². The Hall–Kier alpha value is -2.42. The van der Waals surface area contributed by atoms with Crippen molar-refractivity contribution in [1.29, 1.82) is 0 Å². The lowest BCUT2D eigenvalue weighted by Gasteiger charge is -2.09. The number of hydrogen-bond acceptors (Lipinski definition) is 6. The number of rotatable bonds is 7. The number of aromatic nitrogens is 1. The molecule has 4 N–H and O–H groups in total. The van der Waals surface area contributed by atoms with Crippen LogP contribution in [-0.4, -0.2) is 43.0 Å². The first-order chi connectivity index (χ1) is 12.8. The first kappa shape index (κ1) is 24.6. The molecule has 0 bridgehead atoms. The van der Waals surface area contributed by atoms with Crippen LogP contribution < -0.4 is 21.5 Å². The van der Waals surface area contributed by atoms with Crippen molar-refractivity contribution in [2.24, 2.45) is 11.8 Å². The number of amides is 3. The van der Waals surface area contributed by atoms with Crippen LogP contribution in [0.4, 0.5) is 0 Å². The van der Waals surface area contributed by atoms with E-state index in [1.807, 2.05) is 19.9 Å². The topological polar surface area (TPSA) is 125 Å². The maximum atomic E-state index is 11.1. The second kappa shape index (κ2) is 14.7. The van der Waals surface area contributed by atoms with Crippen molar-refractivity contribution < 1.29 is 18.9 Å². The minimum absolute atomic E-state index is 0.00256. The zero-order valence-corrected chi connectivity index (χ0v) is 16.9. The third kappa shape index (κ3) is 13.4. The van der Waals surface area contributed by atoms with Crippen molar-refractivity contribution in [3.63, 3.8) is 0 Å². The predicted molar refractivity (Wildman–Crippen MR) is 102 cm³/mol. The second-order valence-corrected chi connectivity index (χ2v) is 6.59. The number of hydrazine groups is 1. The van der Waals surface area contributed by atoms with Gasteiger partial charge in [-0.15, -0.1) is 0 Å². The Kier molecular flexibility index (Phi) is 13.4. The number of carbonyl (C=O) groups excluding carboxylic acids is 3. The molecule has 1 aliphatic heterocycles. The second-order valence-electron chi connectivity index (χ2n) is 6.59. The zero-order chi connectivity index (χ0) is 20.7. The minimum atomic E-state index is -0.347. The van der Waals surface area contributed by atoms with E-state index >= 15 is 0 Å². The Bertz CT molecular complexity index is 543. The smallest absolute Gasteiger partial charge is 0.253 e. The van der Waals surface area contributed by atoms with Gasteiger partial charge in [-0.3, -0.25) is 19.8 Å². The quantitative estimate of drug-likeness (QED) is 0.408. The Labute approximate surface area is 161 Å². The van der Waals surface area contributed by atoms with E-state index in [2.05, 4.69) is 47.4 Å². The molecule has 1 aliphatic rings. The van der Waals surface area contributed by atoms with Crippen molar-refractivity contribution in [2.75, 3.05) is 19.6 Å². The standard InChI is InChI=1S/C8H14N4O3.C5H7NO.C5H12/c13-5-9-4-7(14)12-11-3-6-1-2-10-8(6)15;1-4-3-5(2)7-6-4;1-4-5(2)3/h5-6,11H,1-4H2,(H,9,13)(H,10,15)(H,12,14);3H,1-2H3;5H,4H2,1-3H3/t6-;;/m0../s1. The van der Waals surface area contributed by atoms with Crippen molar-refractivity contribution in [1.82, 2.24) is 26.6 Å². The highest BCUT2D eigenvalue weighted by atomic mass is 16.5. The van der Waals surface area contributed by atoms with E-state index < -0.39 is 0 Å². The summed E-state index contributed by atoms with van der Waals surface area (Å²) in [5, 5.41) is 8.56.